The first kappa shape index (κ1) is 22.5. The predicted molar refractivity (Wildman–Crippen MR) is 124 cm³/mol. The fraction of sp³-hybridized carbons (Fsp3) is 0.370. The van der Waals surface area contributed by atoms with Crippen LogP contribution in [0.1, 0.15) is 84.1 Å². The highest BCUT2D eigenvalue weighted by Crippen LogP contribution is 2.42. The Hall–Kier alpha value is -2.72. The maximum Gasteiger partial charge on any atom is 0.311 e. The Morgan fingerprint density at radius 1 is 0.906 bits per heavy atom. The minimum absolute atomic E-state index is 0.0512. The number of halogens is 1. The molecule has 0 bridgehead atoms. The molecule has 32 heavy (non-hydrogen) atoms. The van der Waals surface area contributed by atoms with Crippen molar-refractivity contribution in [2.45, 2.75) is 57.8 Å². The minimum Gasteiger partial charge on any atom is -0.422 e. The number of rotatable bonds is 6. The van der Waals surface area contributed by atoms with Crippen molar-refractivity contribution in [3.63, 3.8) is 0 Å². The molecule has 166 valence electrons. The van der Waals surface area contributed by atoms with Gasteiger partial charge in [-0.2, -0.15) is 0 Å². The van der Waals surface area contributed by atoms with Crippen LogP contribution in [0.15, 0.2) is 59.9 Å². The van der Waals surface area contributed by atoms with Gasteiger partial charge in [-0.3, -0.25) is 14.4 Å². The van der Waals surface area contributed by atoms with Gasteiger partial charge in [-0.05, 0) is 61.6 Å². The lowest BCUT2D eigenvalue weighted by Crippen LogP contribution is -2.30. The maximum absolute atomic E-state index is 13.4. The number of ether oxygens (including phenoxy) is 1. The second-order valence-electron chi connectivity index (χ2n) is 8.62. The second-order valence-corrected chi connectivity index (χ2v) is 9.06. The Balaban J connectivity index is 1.61. The van der Waals surface area contributed by atoms with Crippen LogP contribution >= 0.6 is 11.6 Å². The van der Waals surface area contributed by atoms with Crippen LogP contribution in [-0.4, -0.2) is 17.5 Å². The van der Waals surface area contributed by atoms with Crippen molar-refractivity contribution in [2.24, 2.45) is 5.92 Å². The standard InChI is InChI=1S/C27H27ClO4/c1-2-3-8-23(29)32-27-24(25(30)21-6-4-5-7-22(21)26(27)31)19-11-9-17(10-12-19)18-13-15-20(28)16-14-18/h4-7,13-17,19H,2-3,8-12H2,1H3. The summed E-state index contributed by atoms with van der Waals surface area (Å²) in [4.78, 5) is 39.1. The van der Waals surface area contributed by atoms with Crippen LogP contribution in [-0.2, 0) is 9.53 Å². The number of Topliss-reactive ketones (excluding diaryl/α,β-unsaturated/α-hetero) is 2. The van der Waals surface area contributed by atoms with Gasteiger partial charge in [-0.1, -0.05) is 61.3 Å². The molecule has 2 aliphatic carbocycles. The van der Waals surface area contributed by atoms with E-state index >= 15 is 0 Å². The number of hydrogen-bond donors (Lipinski definition) is 0. The summed E-state index contributed by atoms with van der Waals surface area (Å²) in [7, 11) is 0. The molecular weight excluding hydrogens is 424 g/mol. The van der Waals surface area contributed by atoms with Gasteiger partial charge in [0.15, 0.2) is 11.5 Å². The summed E-state index contributed by atoms with van der Waals surface area (Å²) in [6.07, 6.45) is 5.10. The molecular formula is C27H27ClO4. The molecule has 0 aliphatic heterocycles. The zero-order valence-corrected chi connectivity index (χ0v) is 19.0. The van der Waals surface area contributed by atoms with E-state index in [1.807, 2.05) is 19.1 Å². The van der Waals surface area contributed by atoms with Crippen molar-refractivity contribution in [1.29, 1.82) is 0 Å². The Morgan fingerprint density at radius 3 is 2.12 bits per heavy atom. The summed E-state index contributed by atoms with van der Waals surface area (Å²) in [6.45, 7) is 1.99. The van der Waals surface area contributed by atoms with Gasteiger partial charge >= 0.3 is 5.97 Å². The molecule has 2 aromatic carbocycles. The SMILES string of the molecule is CCCCC(=O)OC1=C(C2CCC(c3ccc(Cl)cc3)CC2)C(=O)c2ccccc2C1=O. The van der Waals surface area contributed by atoms with Crippen LogP contribution in [0.25, 0.3) is 0 Å². The van der Waals surface area contributed by atoms with E-state index in [0.717, 1.165) is 32.1 Å². The summed E-state index contributed by atoms with van der Waals surface area (Å²) < 4.78 is 5.58. The number of esters is 1. The highest BCUT2D eigenvalue weighted by molar-refractivity contribution is 6.30. The van der Waals surface area contributed by atoms with Gasteiger partial charge in [0.25, 0.3) is 0 Å². The third-order valence-corrected chi connectivity index (χ3v) is 6.79. The van der Waals surface area contributed by atoms with Gasteiger partial charge in [-0.15, -0.1) is 0 Å². The number of allylic oxidation sites excluding steroid dienone is 2. The van der Waals surface area contributed by atoms with Crippen LogP contribution in [0.4, 0.5) is 0 Å². The molecule has 2 aliphatic rings. The highest BCUT2D eigenvalue weighted by atomic mass is 35.5. The quantitative estimate of drug-likeness (QED) is 0.460. The topological polar surface area (TPSA) is 60.4 Å². The molecule has 0 unspecified atom stereocenters. The van der Waals surface area contributed by atoms with Crippen molar-refractivity contribution >= 4 is 29.1 Å². The van der Waals surface area contributed by atoms with E-state index in [1.165, 1.54) is 5.56 Å². The van der Waals surface area contributed by atoms with Gasteiger partial charge in [0, 0.05) is 22.6 Å². The summed E-state index contributed by atoms with van der Waals surface area (Å²) in [5, 5.41) is 0.715. The summed E-state index contributed by atoms with van der Waals surface area (Å²) >= 11 is 6.02. The number of hydrogen-bond acceptors (Lipinski definition) is 4. The zero-order valence-electron chi connectivity index (χ0n) is 18.2. The molecule has 0 heterocycles. The smallest absolute Gasteiger partial charge is 0.311 e. The van der Waals surface area contributed by atoms with E-state index in [-0.39, 0.29) is 29.7 Å². The van der Waals surface area contributed by atoms with E-state index < -0.39 is 5.97 Å². The minimum atomic E-state index is -0.449. The van der Waals surface area contributed by atoms with Crippen molar-refractivity contribution in [2.75, 3.05) is 0 Å². The van der Waals surface area contributed by atoms with Crippen LogP contribution in [0.5, 0.6) is 0 Å². The maximum atomic E-state index is 13.4. The molecule has 1 fully saturated rings. The number of benzene rings is 2. The Bertz CT molecular complexity index is 1060. The Kier molecular flexibility index (Phi) is 6.90. The molecule has 0 saturated heterocycles. The Morgan fingerprint density at radius 2 is 1.50 bits per heavy atom. The molecule has 0 N–H and O–H groups in total. The van der Waals surface area contributed by atoms with Gasteiger partial charge in [0.1, 0.15) is 0 Å². The molecule has 1 saturated carbocycles. The molecule has 0 atom stereocenters. The number of unbranched alkanes of at least 4 members (excludes halogenated alkanes) is 1. The average molecular weight is 451 g/mol. The normalized spacial score (nSPS) is 20.8. The van der Waals surface area contributed by atoms with Gasteiger partial charge < -0.3 is 4.74 Å². The number of carbonyl (C=O) groups is 3. The van der Waals surface area contributed by atoms with Gasteiger partial charge in [0.2, 0.25) is 5.78 Å². The van der Waals surface area contributed by atoms with Crippen LogP contribution in [0.2, 0.25) is 5.02 Å². The predicted octanol–water partition coefficient (Wildman–Crippen LogP) is 6.68. The van der Waals surface area contributed by atoms with E-state index in [0.29, 0.717) is 34.1 Å². The number of carbonyl (C=O) groups excluding carboxylic acids is 3. The van der Waals surface area contributed by atoms with Gasteiger partial charge in [0.05, 0.1) is 5.57 Å². The van der Waals surface area contributed by atoms with E-state index in [9.17, 15) is 14.4 Å². The van der Waals surface area contributed by atoms with E-state index in [1.54, 1.807) is 24.3 Å². The second kappa shape index (κ2) is 9.83. The van der Waals surface area contributed by atoms with Crippen molar-refractivity contribution in [1.82, 2.24) is 0 Å². The first-order valence-electron chi connectivity index (χ1n) is 11.4. The molecule has 0 aromatic heterocycles. The molecule has 4 rings (SSSR count). The largest absolute Gasteiger partial charge is 0.422 e. The fourth-order valence-corrected chi connectivity index (χ4v) is 4.91. The lowest BCUT2D eigenvalue weighted by Gasteiger charge is -2.32. The van der Waals surface area contributed by atoms with E-state index in [4.69, 9.17) is 16.3 Å². The fourth-order valence-electron chi connectivity index (χ4n) is 4.78. The molecule has 2 aromatic rings. The lowest BCUT2D eigenvalue weighted by molar-refractivity contribution is -0.139. The van der Waals surface area contributed by atoms with Crippen LogP contribution in [0.3, 0.4) is 0 Å². The Labute approximate surface area is 193 Å². The summed E-state index contributed by atoms with van der Waals surface area (Å²) in [5.41, 5.74) is 2.34. The highest BCUT2D eigenvalue weighted by Gasteiger charge is 2.39. The van der Waals surface area contributed by atoms with Crippen LogP contribution < -0.4 is 0 Å². The van der Waals surface area contributed by atoms with E-state index in [2.05, 4.69) is 12.1 Å². The molecule has 0 amide bonds. The van der Waals surface area contributed by atoms with Crippen LogP contribution in [0, 0.1) is 5.92 Å². The van der Waals surface area contributed by atoms with Crippen molar-refractivity contribution in [3.05, 3.63) is 81.6 Å². The monoisotopic (exact) mass is 450 g/mol. The first-order chi connectivity index (χ1) is 15.5. The summed E-state index contributed by atoms with van der Waals surface area (Å²) in [6, 6.07) is 14.7. The summed E-state index contributed by atoms with van der Waals surface area (Å²) in [5.74, 6) is -0.758. The van der Waals surface area contributed by atoms with Gasteiger partial charge in [-0.25, -0.2) is 0 Å². The number of fused-ring (bicyclic) bond motifs is 1. The molecule has 0 spiro atoms. The lowest BCUT2D eigenvalue weighted by atomic mass is 9.72. The molecule has 4 nitrogen and oxygen atoms in total. The van der Waals surface area contributed by atoms with Crippen molar-refractivity contribution in [3.8, 4) is 0 Å². The number of ketones is 2. The third-order valence-electron chi connectivity index (χ3n) is 6.54. The molecule has 5 heteroatoms. The van der Waals surface area contributed by atoms with Crippen molar-refractivity contribution < 1.29 is 19.1 Å². The average Bonchev–Trinajstić information content (AvgIpc) is 2.82. The molecule has 0 radical (unpaired) electrons. The third kappa shape index (κ3) is 4.56. The first-order valence-corrected chi connectivity index (χ1v) is 11.8. The zero-order chi connectivity index (χ0) is 22.7.